The molecule has 154 valence electrons. The van der Waals surface area contributed by atoms with Crippen molar-refractivity contribution in [2.24, 2.45) is 0 Å². The summed E-state index contributed by atoms with van der Waals surface area (Å²) in [4.78, 5) is 24.2. The second kappa shape index (κ2) is 9.19. The maximum atomic E-state index is 13.0. The molecule has 7 nitrogen and oxygen atoms in total. The highest BCUT2D eigenvalue weighted by Gasteiger charge is 2.27. The molecule has 2 aromatic carbocycles. The molecule has 1 saturated heterocycles. The van der Waals surface area contributed by atoms with Crippen molar-refractivity contribution in [2.75, 3.05) is 20.2 Å². The molecule has 1 heterocycles. The molecular weight excluding hydrogens is 392 g/mol. The van der Waals surface area contributed by atoms with Gasteiger partial charge in [-0.1, -0.05) is 24.6 Å². The number of methoxy groups -OCH3 is 1. The molecule has 0 spiro atoms. The predicted octanol–water partition coefficient (Wildman–Crippen LogP) is 2.58. The van der Waals surface area contributed by atoms with Crippen LogP contribution in [0.3, 0.4) is 0 Å². The van der Waals surface area contributed by atoms with Gasteiger partial charge in [-0.25, -0.2) is 13.2 Å². The van der Waals surface area contributed by atoms with Gasteiger partial charge in [-0.3, -0.25) is 4.79 Å². The smallest absolute Gasteiger partial charge is 0.337 e. The van der Waals surface area contributed by atoms with E-state index < -0.39 is 16.0 Å². The molecule has 8 heteroatoms. The molecule has 29 heavy (non-hydrogen) atoms. The molecule has 0 atom stereocenters. The van der Waals surface area contributed by atoms with Gasteiger partial charge < -0.3 is 10.1 Å². The molecule has 1 aliphatic heterocycles. The maximum Gasteiger partial charge on any atom is 0.337 e. The van der Waals surface area contributed by atoms with E-state index in [1.807, 2.05) is 0 Å². The standard InChI is InChI=1S/C21H24N2O5S/c1-28-21(25)17-11-9-16(10-12-17)20(24)22-15-18-7-3-4-8-19(18)29(26,27)23-13-5-2-6-14-23/h3-4,7-12H,2,5-6,13-15H2,1H3,(H,22,24). The van der Waals surface area contributed by atoms with Crippen molar-refractivity contribution >= 4 is 21.9 Å². The Morgan fingerprint density at radius 2 is 1.59 bits per heavy atom. The van der Waals surface area contributed by atoms with E-state index in [-0.39, 0.29) is 17.3 Å². The molecule has 1 fully saturated rings. The summed E-state index contributed by atoms with van der Waals surface area (Å²) >= 11 is 0. The lowest BCUT2D eigenvalue weighted by Gasteiger charge is -2.26. The molecule has 0 aromatic heterocycles. The number of nitrogens with one attached hydrogen (secondary N) is 1. The lowest BCUT2D eigenvalue weighted by molar-refractivity contribution is 0.0600. The largest absolute Gasteiger partial charge is 0.465 e. The van der Waals surface area contributed by atoms with Crippen LogP contribution >= 0.6 is 0 Å². The minimum Gasteiger partial charge on any atom is -0.465 e. The minimum absolute atomic E-state index is 0.0842. The first-order chi connectivity index (χ1) is 13.9. The summed E-state index contributed by atoms with van der Waals surface area (Å²) in [6.45, 7) is 1.13. The van der Waals surface area contributed by atoms with Crippen LogP contribution in [0.1, 0.15) is 45.5 Å². The molecule has 3 rings (SSSR count). The van der Waals surface area contributed by atoms with Crippen molar-refractivity contribution in [1.82, 2.24) is 9.62 Å². The number of nitrogens with zero attached hydrogens (tertiary/aromatic N) is 1. The van der Waals surface area contributed by atoms with Gasteiger partial charge in [-0.2, -0.15) is 4.31 Å². The SMILES string of the molecule is COC(=O)c1ccc(C(=O)NCc2ccccc2S(=O)(=O)N2CCCCC2)cc1. The Hall–Kier alpha value is -2.71. The minimum atomic E-state index is -3.59. The maximum absolute atomic E-state index is 13.0. The summed E-state index contributed by atoms with van der Waals surface area (Å²) in [6.07, 6.45) is 2.76. The Morgan fingerprint density at radius 3 is 2.24 bits per heavy atom. The van der Waals surface area contributed by atoms with E-state index in [9.17, 15) is 18.0 Å². The van der Waals surface area contributed by atoms with Gasteiger partial charge in [0.05, 0.1) is 17.6 Å². The zero-order valence-corrected chi connectivity index (χ0v) is 17.1. The van der Waals surface area contributed by atoms with E-state index in [1.165, 1.54) is 35.7 Å². The molecule has 0 unspecified atom stereocenters. The highest BCUT2D eigenvalue weighted by Crippen LogP contribution is 2.23. The van der Waals surface area contributed by atoms with E-state index in [1.54, 1.807) is 24.3 Å². The van der Waals surface area contributed by atoms with Gasteiger partial charge in [0.1, 0.15) is 0 Å². The monoisotopic (exact) mass is 416 g/mol. The first-order valence-electron chi connectivity index (χ1n) is 9.48. The van der Waals surface area contributed by atoms with Crippen LogP contribution in [0, 0.1) is 0 Å². The molecule has 0 bridgehead atoms. The first-order valence-corrected chi connectivity index (χ1v) is 10.9. The van der Waals surface area contributed by atoms with Crippen LogP contribution in [0.4, 0.5) is 0 Å². The average Bonchev–Trinajstić information content (AvgIpc) is 2.77. The summed E-state index contributed by atoms with van der Waals surface area (Å²) in [5.74, 6) is -0.833. The lowest BCUT2D eigenvalue weighted by atomic mass is 10.1. The third-order valence-electron chi connectivity index (χ3n) is 4.91. The molecule has 1 amide bonds. The number of amides is 1. The Bertz CT molecular complexity index is 980. The normalized spacial score (nSPS) is 14.9. The molecule has 2 aromatic rings. The number of carbonyl (C=O) groups is 2. The predicted molar refractivity (Wildman–Crippen MR) is 108 cm³/mol. The average molecular weight is 416 g/mol. The van der Waals surface area contributed by atoms with Crippen molar-refractivity contribution in [3.8, 4) is 0 Å². The van der Waals surface area contributed by atoms with Crippen molar-refractivity contribution in [3.63, 3.8) is 0 Å². The fourth-order valence-electron chi connectivity index (χ4n) is 3.30. The quantitative estimate of drug-likeness (QED) is 0.731. The summed E-state index contributed by atoms with van der Waals surface area (Å²) in [6, 6.07) is 12.8. The zero-order chi connectivity index (χ0) is 20.9. The lowest BCUT2D eigenvalue weighted by Crippen LogP contribution is -2.36. The van der Waals surface area contributed by atoms with Gasteiger partial charge in [0.2, 0.25) is 10.0 Å². The van der Waals surface area contributed by atoms with Gasteiger partial charge >= 0.3 is 5.97 Å². The molecular formula is C21H24N2O5S. The first kappa shape index (κ1) is 21.0. The van der Waals surface area contributed by atoms with E-state index in [4.69, 9.17) is 0 Å². The van der Waals surface area contributed by atoms with Crippen LogP contribution in [-0.2, 0) is 21.3 Å². The molecule has 0 saturated carbocycles. The highest BCUT2D eigenvalue weighted by molar-refractivity contribution is 7.89. The van der Waals surface area contributed by atoms with Crippen molar-refractivity contribution in [1.29, 1.82) is 0 Å². The number of piperidine rings is 1. The van der Waals surface area contributed by atoms with Crippen LogP contribution in [0.25, 0.3) is 0 Å². The summed E-state index contributed by atoms with van der Waals surface area (Å²) in [7, 11) is -2.30. The number of esters is 1. The number of sulfonamides is 1. The summed E-state index contributed by atoms with van der Waals surface area (Å²) < 4.78 is 32.2. The second-order valence-electron chi connectivity index (χ2n) is 6.82. The number of hydrogen-bond acceptors (Lipinski definition) is 5. The molecule has 1 N–H and O–H groups in total. The number of carbonyl (C=O) groups excluding carboxylic acids is 2. The molecule has 0 aliphatic carbocycles. The van der Waals surface area contributed by atoms with E-state index in [0.717, 1.165) is 19.3 Å². The van der Waals surface area contributed by atoms with Crippen LogP contribution in [0.15, 0.2) is 53.4 Å². The third-order valence-corrected chi connectivity index (χ3v) is 6.91. The second-order valence-corrected chi connectivity index (χ2v) is 8.73. The van der Waals surface area contributed by atoms with E-state index >= 15 is 0 Å². The fourth-order valence-corrected chi connectivity index (χ4v) is 5.04. The van der Waals surface area contributed by atoms with Crippen LogP contribution in [0.5, 0.6) is 0 Å². The highest BCUT2D eigenvalue weighted by atomic mass is 32.2. The zero-order valence-electron chi connectivity index (χ0n) is 16.3. The van der Waals surface area contributed by atoms with Crippen LogP contribution in [-0.4, -0.2) is 44.8 Å². The van der Waals surface area contributed by atoms with Crippen molar-refractivity contribution in [3.05, 3.63) is 65.2 Å². The number of hydrogen-bond donors (Lipinski definition) is 1. The van der Waals surface area contributed by atoms with Crippen molar-refractivity contribution in [2.45, 2.75) is 30.7 Å². The van der Waals surface area contributed by atoms with Crippen LogP contribution < -0.4 is 5.32 Å². The Balaban J connectivity index is 1.73. The van der Waals surface area contributed by atoms with E-state index in [0.29, 0.717) is 29.8 Å². The fraction of sp³-hybridized carbons (Fsp3) is 0.333. The number of rotatable bonds is 6. The van der Waals surface area contributed by atoms with Crippen LogP contribution in [0.2, 0.25) is 0 Å². The van der Waals surface area contributed by atoms with Crippen molar-refractivity contribution < 1.29 is 22.7 Å². The summed E-state index contributed by atoms with van der Waals surface area (Å²) in [5.41, 5.74) is 1.26. The summed E-state index contributed by atoms with van der Waals surface area (Å²) in [5, 5.41) is 2.76. The topological polar surface area (TPSA) is 92.8 Å². The molecule has 1 aliphatic rings. The Morgan fingerprint density at radius 1 is 0.966 bits per heavy atom. The van der Waals surface area contributed by atoms with E-state index in [2.05, 4.69) is 10.1 Å². The Labute approximate surface area is 170 Å². The third kappa shape index (κ3) is 4.83. The van der Waals surface area contributed by atoms with Gasteiger partial charge in [-0.15, -0.1) is 0 Å². The van der Waals surface area contributed by atoms with Gasteiger partial charge in [0.25, 0.3) is 5.91 Å². The van der Waals surface area contributed by atoms with Gasteiger partial charge in [0, 0.05) is 25.2 Å². The Kier molecular flexibility index (Phi) is 6.66. The number of benzene rings is 2. The molecule has 0 radical (unpaired) electrons. The van der Waals surface area contributed by atoms with Gasteiger partial charge in [-0.05, 0) is 48.7 Å². The van der Waals surface area contributed by atoms with Gasteiger partial charge in [0.15, 0.2) is 0 Å². The number of ether oxygens (including phenoxy) is 1.